The second kappa shape index (κ2) is 7.59. The van der Waals surface area contributed by atoms with Crippen LogP contribution in [0.5, 0.6) is 0 Å². The van der Waals surface area contributed by atoms with Crippen molar-refractivity contribution in [2.24, 2.45) is 0 Å². The molecular weight excluding hydrogens is 346 g/mol. The topological polar surface area (TPSA) is 79.5 Å². The van der Waals surface area contributed by atoms with E-state index >= 15 is 0 Å². The first-order valence-electron chi connectivity index (χ1n) is 8.26. The monoisotopic (exact) mass is 364 g/mol. The molecule has 26 heavy (non-hydrogen) atoms. The van der Waals surface area contributed by atoms with Crippen molar-refractivity contribution in [3.05, 3.63) is 47.1 Å². The molecule has 9 heteroatoms. The molecule has 1 aromatic carbocycles. The van der Waals surface area contributed by atoms with Crippen LogP contribution in [0.1, 0.15) is 30.1 Å². The number of hydrogen-bond donors (Lipinski definition) is 0. The van der Waals surface area contributed by atoms with Crippen LogP contribution in [0.3, 0.4) is 0 Å². The lowest BCUT2D eigenvalue weighted by Gasteiger charge is -2.34. The van der Waals surface area contributed by atoms with Crippen LogP contribution in [0.15, 0.2) is 22.7 Å². The molecule has 0 saturated carbocycles. The molecular formula is C17H18F2N4O3. The van der Waals surface area contributed by atoms with E-state index in [1.807, 2.05) is 0 Å². The molecule has 0 unspecified atom stereocenters. The Hall–Kier alpha value is -2.84. The summed E-state index contributed by atoms with van der Waals surface area (Å²) in [4.78, 5) is 31.3. The van der Waals surface area contributed by atoms with Crippen molar-refractivity contribution in [1.82, 2.24) is 19.9 Å². The minimum atomic E-state index is -0.963. The Bertz CT molecular complexity index is 824. The number of aromatic nitrogens is 2. The molecule has 1 fully saturated rings. The number of aryl methyl sites for hydroxylation is 2. The summed E-state index contributed by atoms with van der Waals surface area (Å²) in [5.41, 5.74) is 0.466. The van der Waals surface area contributed by atoms with Gasteiger partial charge in [0.2, 0.25) is 11.8 Å². The van der Waals surface area contributed by atoms with Crippen LogP contribution in [0.4, 0.5) is 13.6 Å². The number of halogens is 2. The molecule has 0 N–H and O–H groups in total. The number of hydrogen-bond acceptors (Lipinski definition) is 5. The zero-order valence-corrected chi connectivity index (χ0v) is 14.2. The van der Waals surface area contributed by atoms with Crippen molar-refractivity contribution in [3.63, 3.8) is 0 Å². The number of carbonyl (C=O) groups excluding carboxylic acids is 2. The third kappa shape index (κ3) is 4.04. The normalized spacial score (nSPS) is 15.0. The second-order valence-electron chi connectivity index (χ2n) is 6.09. The number of urea groups is 1. The Labute approximate surface area is 148 Å². The van der Waals surface area contributed by atoms with Gasteiger partial charge in [0, 0.05) is 32.5 Å². The SMILES string of the molecule is Cc1noc(CCCN2C(=O)CCN(Cc3ccc(F)c(F)c3)C2=O)n1. The molecule has 0 bridgehead atoms. The fourth-order valence-electron chi connectivity index (χ4n) is 2.79. The van der Waals surface area contributed by atoms with Crippen molar-refractivity contribution in [1.29, 1.82) is 0 Å². The molecule has 1 aliphatic rings. The molecule has 0 radical (unpaired) electrons. The predicted molar refractivity (Wildman–Crippen MR) is 85.9 cm³/mol. The second-order valence-corrected chi connectivity index (χ2v) is 6.09. The van der Waals surface area contributed by atoms with Gasteiger partial charge in [0.25, 0.3) is 0 Å². The zero-order valence-electron chi connectivity index (χ0n) is 14.2. The van der Waals surface area contributed by atoms with Gasteiger partial charge in [-0.05, 0) is 31.0 Å². The molecule has 3 amide bonds. The van der Waals surface area contributed by atoms with E-state index in [-0.39, 0.29) is 32.0 Å². The van der Waals surface area contributed by atoms with Crippen molar-refractivity contribution < 1.29 is 22.9 Å². The number of rotatable bonds is 6. The average molecular weight is 364 g/mol. The van der Waals surface area contributed by atoms with Crippen LogP contribution in [0.25, 0.3) is 0 Å². The van der Waals surface area contributed by atoms with E-state index in [0.717, 1.165) is 12.1 Å². The van der Waals surface area contributed by atoms with E-state index in [9.17, 15) is 18.4 Å². The summed E-state index contributed by atoms with van der Waals surface area (Å²) in [5, 5.41) is 3.68. The lowest BCUT2D eigenvalue weighted by molar-refractivity contribution is -0.131. The van der Waals surface area contributed by atoms with Crippen molar-refractivity contribution in [2.75, 3.05) is 13.1 Å². The van der Waals surface area contributed by atoms with Crippen molar-refractivity contribution >= 4 is 11.9 Å². The first-order chi connectivity index (χ1) is 12.4. The van der Waals surface area contributed by atoms with E-state index < -0.39 is 17.7 Å². The van der Waals surface area contributed by atoms with Gasteiger partial charge < -0.3 is 9.42 Å². The summed E-state index contributed by atoms with van der Waals surface area (Å²) in [7, 11) is 0. The molecule has 1 aromatic heterocycles. The maximum atomic E-state index is 13.3. The van der Waals surface area contributed by atoms with Crippen LogP contribution in [0, 0.1) is 18.6 Å². The van der Waals surface area contributed by atoms with Gasteiger partial charge >= 0.3 is 6.03 Å². The molecule has 7 nitrogen and oxygen atoms in total. The third-order valence-electron chi connectivity index (χ3n) is 4.10. The van der Waals surface area contributed by atoms with Gasteiger partial charge in [0.05, 0.1) is 0 Å². The Morgan fingerprint density at radius 3 is 2.73 bits per heavy atom. The van der Waals surface area contributed by atoms with E-state index in [0.29, 0.717) is 30.1 Å². The van der Waals surface area contributed by atoms with Crippen LogP contribution >= 0.6 is 0 Å². The number of nitrogens with zero attached hydrogens (tertiary/aromatic N) is 4. The van der Waals surface area contributed by atoms with Crippen LogP contribution in [-0.4, -0.2) is 45.0 Å². The zero-order chi connectivity index (χ0) is 18.7. The van der Waals surface area contributed by atoms with E-state index in [4.69, 9.17) is 4.52 Å². The lowest BCUT2D eigenvalue weighted by atomic mass is 10.1. The van der Waals surface area contributed by atoms with Crippen LogP contribution in [-0.2, 0) is 17.8 Å². The third-order valence-corrected chi connectivity index (χ3v) is 4.10. The highest BCUT2D eigenvalue weighted by molar-refractivity contribution is 5.96. The first-order valence-corrected chi connectivity index (χ1v) is 8.26. The minimum Gasteiger partial charge on any atom is -0.339 e. The Balaban J connectivity index is 1.60. The fraction of sp³-hybridized carbons (Fsp3) is 0.412. The molecule has 0 aliphatic carbocycles. The Kier molecular flexibility index (Phi) is 5.24. The van der Waals surface area contributed by atoms with Gasteiger partial charge in [-0.15, -0.1) is 0 Å². The Morgan fingerprint density at radius 2 is 2.04 bits per heavy atom. The van der Waals surface area contributed by atoms with Crippen LogP contribution < -0.4 is 0 Å². The molecule has 0 spiro atoms. The number of amides is 3. The maximum absolute atomic E-state index is 13.3. The highest BCUT2D eigenvalue weighted by Gasteiger charge is 2.31. The quantitative estimate of drug-likeness (QED) is 0.787. The maximum Gasteiger partial charge on any atom is 0.327 e. The standard InChI is InChI=1S/C17H18F2N4O3/c1-11-20-15(26-21-11)3-2-7-23-16(24)6-8-22(17(23)25)10-12-4-5-13(18)14(19)9-12/h4-5,9H,2-3,6-8,10H2,1H3. The predicted octanol–water partition coefficient (Wildman–Crippen LogP) is 2.44. The summed E-state index contributed by atoms with van der Waals surface area (Å²) in [6.07, 6.45) is 1.15. The molecule has 2 heterocycles. The summed E-state index contributed by atoms with van der Waals surface area (Å²) < 4.78 is 31.4. The van der Waals surface area contributed by atoms with Gasteiger partial charge in [0.1, 0.15) is 0 Å². The van der Waals surface area contributed by atoms with E-state index in [1.165, 1.54) is 15.9 Å². The summed E-state index contributed by atoms with van der Waals surface area (Å²) in [6.45, 7) is 2.30. The fourth-order valence-corrected chi connectivity index (χ4v) is 2.79. The average Bonchev–Trinajstić information content (AvgIpc) is 3.02. The van der Waals surface area contributed by atoms with E-state index in [2.05, 4.69) is 10.1 Å². The Morgan fingerprint density at radius 1 is 1.23 bits per heavy atom. The largest absolute Gasteiger partial charge is 0.339 e. The van der Waals surface area contributed by atoms with E-state index in [1.54, 1.807) is 6.92 Å². The van der Waals surface area contributed by atoms with Gasteiger partial charge in [-0.25, -0.2) is 13.6 Å². The summed E-state index contributed by atoms with van der Waals surface area (Å²) >= 11 is 0. The smallest absolute Gasteiger partial charge is 0.327 e. The number of carbonyl (C=O) groups is 2. The molecule has 3 rings (SSSR count). The summed E-state index contributed by atoms with van der Waals surface area (Å²) in [6, 6.07) is 3.06. The molecule has 1 saturated heterocycles. The molecule has 1 aliphatic heterocycles. The minimum absolute atomic E-state index is 0.114. The molecule has 138 valence electrons. The lowest BCUT2D eigenvalue weighted by Crippen LogP contribution is -2.52. The van der Waals surface area contributed by atoms with Gasteiger partial charge in [-0.3, -0.25) is 9.69 Å². The summed E-state index contributed by atoms with van der Waals surface area (Å²) in [5.74, 6) is -1.17. The highest BCUT2D eigenvalue weighted by atomic mass is 19.2. The van der Waals surface area contributed by atoms with Gasteiger partial charge in [0.15, 0.2) is 17.5 Å². The highest BCUT2D eigenvalue weighted by Crippen LogP contribution is 2.17. The van der Waals surface area contributed by atoms with Crippen LogP contribution in [0.2, 0.25) is 0 Å². The van der Waals surface area contributed by atoms with Crippen molar-refractivity contribution in [2.45, 2.75) is 32.7 Å². The van der Waals surface area contributed by atoms with Gasteiger partial charge in [-0.1, -0.05) is 11.2 Å². The first kappa shape index (κ1) is 18.0. The van der Waals surface area contributed by atoms with Crippen molar-refractivity contribution in [3.8, 4) is 0 Å². The van der Waals surface area contributed by atoms with Gasteiger partial charge in [-0.2, -0.15) is 4.98 Å². The molecule has 0 atom stereocenters. The number of imide groups is 1. The number of benzene rings is 1. The molecule has 2 aromatic rings.